The molecule has 4 rings (SSSR count). The van der Waals surface area contributed by atoms with Crippen molar-refractivity contribution < 1.29 is 62.2 Å². The summed E-state index contributed by atoms with van der Waals surface area (Å²) in [7, 11) is 0. The van der Waals surface area contributed by atoms with E-state index in [2.05, 4.69) is 0 Å². The van der Waals surface area contributed by atoms with Gasteiger partial charge in [0.15, 0.2) is 30.3 Å². The standard InChI is InChI=1S/C29H40N2O15S/c1-14(33)39-13-19-21(40-15(2)34)23(41-16(3)35)25(42-17(4)36)27(44-19)47-11-7-9-30-20(37)8-10-31(28(30)38)26-24-22(18(12-32)43-26)45-29(5,6)46-24/h8,10,18-19,21-27,32H,7,9,11-13H2,1-6H3/t18-,19-,21-,22-,23+,24-,25-,26-,27+/m1/s1. The first-order chi connectivity index (χ1) is 22.1. The molecule has 0 saturated carbocycles. The van der Waals surface area contributed by atoms with Gasteiger partial charge in [-0.2, -0.15) is 0 Å². The molecule has 1 aromatic rings. The van der Waals surface area contributed by atoms with Crippen LogP contribution in [0.5, 0.6) is 0 Å². The molecular weight excluding hydrogens is 648 g/mol. The molecule has 1 N–H and O–H groups in total. The Morgan fingerprint density at radius 2 is 1.49 bits per heavy atom. The lowest BCUT2D eigenvalue weighted by Crippen LogP contribution is -2.61. The van der Waals surface area contributed by atoms with E-state index in [1.54, 1.807) is 13.8 Å². The number of aliphatic hydroxyl groups is 1. The second kappa shape index (κ2) is 15.3. The first-order valence-corrected chi connectivity index (χ1v) is 16.0. The average molecular weight is 689 g/mol. The molecule has 4 heterocycles. The number of aliphatic hydroxyl groups excluding tert-OH is 1. The molecule has 0 bridgehead atoms. The number of hydrogen-bond acceptors (Lipinski definition) is 16. The van der Waals surface area contributed by atoms with Crippen molar-refractivity contribution in [1.29, 1.82) is 0 Å². The predicted octanol–water partition coefficient (Wildman–Crippen LogP) is -0.374. The highest BCUT2D eigenvalue weighted by atomic mass is 32.2. The molecule has 47 heavy (non-hydrogen) atoms. The molecule has 3 saturated heterocycles. The molecule has 3 aliphatic heterocycles. The predicted molar refractivity (Wildman–Crippen MR) is 159 cm³/mol. The van der Waals surface area contributed by atoms with Crippen LogP contribution in [0.1, 0.15) is 54.2 Å². The molecule has 0 aromatic carbocycles. The highest BCUT2D eigenvalue weighted by Crippen LogP contribution is 2.42. The summed E-state index contributed by atoms with van der Waals surface area (Å²) in [4.78, 5) is 73.9. The molecule has 262 valence electrons. The second-order valence-electron chi connectivity index (χ2n) is 11.6. The van der Waals surface area contributed by atoms with Crippen molar-refractivity contribution in [2.24, 2.45) is 0 Å². The van der Waals surface area contributed by atoms with Gasteiger partial charge in [-0.25, -0.2) is 4.79 Å². The summed E-state index contributed by atoms with van der Waals surface area (Å²) in [6.45, 7) is 7.27. The van der Waals surface area contributed by atoms with Crippen LogP contribution in [0.15, 0.2) is 21.9 Å². The number of thioether (sulfide) groups is 1. The number of ether oxygens (including phenoxy) is 8. The van der Waals surface area contributed by atoms with E-state index in [4.69, 9.17) is 37.9 Å². The molecule has 0 radical (unpaired) electrons. The highest BCUT2D eigenvalue weighted by Gasteiger charge is 2.56. The van der Waals surface area contributed by atoms with Crippen molar-refractivity contribution in [1.82, 2.24) is 9.13 Å². The Hall–Kier alpha value is -3.29. The van der Waals surface area contributed by atoms with E-state index in [-0.39, 0.29) is 31.9 Å². The fraction of sp³-hybridized carbons (Fsp3) is 0.724. The van der Waals surface area contributed by atoms with E-state index in [9.17, 15) is 33.9 Å². The van der Waals surface area contributed by atoms with Crippen molar-refractivity contribution in [3.63, 3.8) is 0 Å². The molecular formula is C29H40N2O15S. The lowest BCUT2D eigenvalue weighted by Gasteiger charge is -2.44. The highest BCUT2D eigenvalue weighted by molar-refractivity contribution is 7.99. The number of aromatic nitrogens is 2. The summed E-state index contributed by atoms with van der Waals surface area (Å²) in [5.74, 6) is -3.56. The van der Waals surface area contributed by atoms with E-state index in [0.717, 1.165) is 37.1 Å². The summed E-state index contributed by atoms with van der Waals surface area (Å²) in [6, 6.07) is 1.22. The van der Waals surface area contributed by atoms with Gasteiger partial charge in [0.1, 0.15) is 36.5 Å². The van der Waals surface area contributed by atoms with Gasteiger partial charge in [0.2, 0.25) is 0 Å². The molecule has 1 aromatic heterocycles. The minimum absolute atomic E-state index is 0.0239. The molecule has 0 unspecified atom stereocenters. The number of carbonyl (C=O) groups excluding carboxylic acids is 4. The van der Waals surface area contributed by atoms with Gasteiger partial charge < -0.3 is 43.0 Å². The Balaban J connectivity index is 1.51. The number of nitrogens with zero attached hydrogens (tertiary/aromatic N) is 2. The van der Waals surface area contributed by atoms with Gasteiger partial charge in [-0.1, -0.05) is 0 Å². The van der Waals surface area contributed by atoms with Crippen LogP contribution in [0.25, 0.3) is 0 Å². The lowest BCUT2D eigenvalue weighted by atomic mass is 9.99. The quantitative estimate of drug-likeness (QED) is 0.169. The molecule has 18 heteroatoms. The summed E-state index contributed by atoms with van der Waals surface area (Å²) >= 11 is 1.13. The van der Waals surface area contributed by atoms with Crippen LogP contribution in [0.2, 0.25) is 0 Å². The molecule has 0 aliphatic carbocycles. The minimum atomic E-state index is -1.30. The maximum absolute atomic E-state index is 13.5. The lowest BCUT2D eigenvalue weighted by molar-refractivity contribution is -0.237. The van der Waals surface area contributed by atoms with Crippen molar-refractivity contribution in [2.75, 3.05) is 19.0 Å². The van der Waals surface area contributed by atoms with Gasteiger partial charge in [-0.05, 0) is 26.0 Å². The zero-order chi connectivity index (χ0) is 34.6. The Morgan fingerprint density at radius 3 is 2.11 bits per heavy atom. The first-order valence-electron chi connectivity index (χ1n) is 15.0. The summed E-state index contributed by atoms with van der Waals surface area (Å²) in [5, 5.41) is 9.80. The van der Waals surface area contributed by atoms with E-state index in [1.165, 1.54) is 23.8 Å². The van der Waals surface area contributed by atoms with Crippen LogP contribution in [0.4, 0.5) is 0 Å². The Morgan fingerprint density at radius 1 is 0.872 bits per heavy atom. The number of carbonyl (C=O) groups is 4. The molecule has 17 nitrogen and oxygen atoms in total. The van der Waals surface area contributed by atoms with Crippen molar-refractivity contribution in [3.8, 4) is 0 Å². The number of fused-ring (bicyclic) bond motifs is 1. The smallest absolute Gasteiger partial charge is 0.333 e. The van der Waals surface area contributed by atoms with E-state index in [1.807, 2.05) is 0 Å². The molecule has 0 amide bonds. The first kappa shape index (κ1) is 36.5. The topological polar surface area (TPSA) is 206 Å². The molecule has 9 atom stereocenters. The Kier molecular flexibility index (Phi) is 11.9. The minimum Gasteiger partial charge on any atom is -0.463 e. The Bertz CT molecular complexity index is 1440. The van der Waals surface area contributed by atoms with Crippen LogP contribution < -0.4 is 11.2 Å². The normalized spacial score (nSPS) is 31.1. The number of hydrogen-bond donors (Lipinski definition) is 1. The van der Waals surface area contributed by atoms with E-state index >= 15 is 0 Å². The van der Waals surface area contributed by atoms with Crippen LogP contribution >= 0.6 is 11.8 Å². The van der Waals surface area contributed by atoms with Crippen LogP contribution in [-0.2, 0) is 63.6 Å². The maximum Gasteiger partial charge on any atom is 0.333 e. The third-order valence-electron chi connectivity index (χ3n) is 7.43. The summed E-state index contributed by atoms with van der Waals surface area (Å²) < 4.78 is 47.4. The Labute approximate surface area is 273 Å². The maximum atomic E-state index is 13.5. The van der Waals surface area contributed by atoms with Gasteiger partial charge in [0.05, 0.1) is 6.61 Å². The van der Waals surface area contributed by atoms with E-state index < -0.39 is 95.3 Å². The summed E-state index contributed by atoms with van der Waals surface area (Å²) in [5.41, 5.74) is -2.21. The van der Waals surface area contributed by atoms with Gasteiger partial charge in [0.25, 0.3) is 5.56 Å². The van der Waals surface area contributed by atoms with Crippen LogP contribution in [0, 0.1) is 0 Å². The van der Waals surface area contributed by atoms with Crippen molar-refractivity contribution >= 4 is 35.6 Å². The monoisotopic (exact) mass is 688 g/mol. The average Bonchev–Trinajstić information content (AvgIpc) is 3.46. The number of esters is 4. The fourth-order valence-electron chi connectivity index (χ4n) is 5.71. The van der Waals surface area contributed by atoms with E-state index in [0.29, 0.717) is 0 Å². The van der Waals surface area contributed by atoms with Crippen LogP contribution in [0.3, 0.4) is 0 Å². The van der Waals surface area contributed by atoms with Crippen molar-refractivity contribution in [2.45, 2.75) is 115 Å². The van der Waals surface area contributed by atoms with Gasteiger partial charge in [0, 0.05) is 46.5 Å². The molecule has 3 fully saturated rings. The zero-order valence-electron chi connectivity index (χ0n) is 26.9. The SMILES string of the molecule is CC(=O)OC[C@H]1O[C@@H](SCCCn2c(=O)ccn([C@@H]3O[C@H](CO)[C@H]4OC(C)(C)O[C@H]43)c2=O)[C@H](OC(C)=O)[C@@H](OC(C)=O)[C@@H]1OC(C)=O. The second-order valence-corrected chi connectivity index (χ2v) is 12.8. The van der Waals surface area contributed by atoms with Crippen LogP contribution in [-0.4, -0.2) is 111 Å². The van der Waals surface area contributed by atoms with Crippen molar-refractivity contribution in [3.05, 3.63) is 33.1 Å². The molecule has 3 aliphatic rings. The van der Waals surface area contributed by atoms with Gasteiger partial charge in [-0.3, -0.25) is 33.1 Å². The third-order valence-corrected chi connectivity index (χ3v) is 8.66. The fourth-order valence-corrected chi connectivity index (χ4v) is 6.86. The van der Waals surface area contributed by atoms with Gasteiger partial charge in [-0.15, -0.1) is 11.8 Å². The zero-order valence-corrected chi connectivity index (χ0v) is 27.7. The van der Waals surface area contributed by atoms with Gasteiger partial charge >= 0.3 is 29.6 Å². The molecule has 0 spiro atoms. The third kappa shape index (κ3) is 8.80. The largest absolute Gasteiger partial charge is 0.463 e. The number of rotatable bonds is 12. The summed E-state index contributed by atoms with van der Waals surface area (Å²) in [6.07, 6.45) is -6.37.